The van der Waals surface area contributed by atoms with Gasteiger partial charge in [-0.1, -0.05) is 0 Å². The van der Waals surface area contributed by atoms with Crippen LogP contribution in [0.1, 0.15) is 5.56 Å². The molecule has 1 aromatic heterocycles. The number of furan rings is 1. The Morgan fingerprint density at radius 1 is 1.21 bits per heavy atom. The van der Waals surface area contributed by atoms with E-state index >= 15 is 0 Å². The molecule has 0 aliphatic carbocycles. The van der Waals surface area contributed by atoms with E-state index in [1.54, 1.807) is 7.11 Å². The van der Waals surface area contributed by atoms with Gasteiger partial charge in [-0.15, -0.1) is 0 Å². The fraction of sp³-hybridized carbons (Fsp3) is 0.167. The highest BCUT2D eigenvalue weighted by Crippen LogP contribution is 2.23. The SMILES string of the molecule is COc1ccc(-c2cc(C)[c]o2)cc1. The first kappa shape index (κ1) is 8.88. The minimum Gasteiger partial charge on any atom is -0.497 e. The summed E-state index contributed by atoms with van der Waals surface area (Å²) in [5.74, 6) is 1.69. The molecule has 0 bridgehead atoms. The van der Waals surface area contributed by atoms with E-state index in [0.29, 0.717) is 0 Å². The number of hydrogen-bond donors (Lipinski definition) is 0. The summed E-state index contributed by atoms with van der Waals surface area (Å²) in [5, 5.41) is 0. The maximum Gasteiger partial charge on any atom is 0.173 e. The van der Waals surface area contributed by atoms with Crippen molar-refractivity contribution in [1.82, 2.24) is 0 Å². The van der Waals surface area contributed by atoms with Crippen molar-refractivity contribution in [2.45, 2.75) is 6.92 Å². The second kappa shape index (κ2) is 3.58. The molecule has 2 heteroatoms. The largest absolute Gasteiger partial charge is 0.497 e. The Hall–Kier alpha value is -1.70. The molecule has 0 saturated carbocycles. The van der Waals surface area contributed by atoms with Gasteiger partial charge in [0, 0.05) is 5.56 Å². The first-order chi connectivity index (χ1) is 6.79. The van der Waals surface area contributed by atoms with Crippen LogP contribution in [0.2, 0.25) is 0 Å². The Morgan fingerprint density at radius 2 is 1.93 bits per heavy atom. The van der Waals surface area contributed by atoms with Gasteiger partial charge in [0.25, 0.3) is 0 Å². The van der Waals surface area contributed by atoms with Crippen molar-refractivity contribution in [2.24, 2.45) is 0 Å². The summed E-state index contributed by atoms with van der Waals surface area (Å²) < 4.78 is 10.3. The molecular weight excluding hydrogens is 176 g/mol. The Bertz CT molecular complexity index is 412. The molecule has 0 amide bonds. The Labute approximate surface area is 83.1 Å². The normalized spacial score (nSPS) is 10.1. The van der Waals surface area contributed by atoms with E-state index in [4.69, 9.17) is 9.15 Å². The summed E-state index contributed by atoms with van der Waals surface area (Å²) in [6, 6.07) is 9.71. The summed E-state index contributed by atoms with van der Waals surface area (Å²) >= 11 is 0. The number of ether oxygens (including phenoxy) is 1. The van der Waals surface area contributed by atoms with E-state index in [-0.39, 0.29) is 0 Å². The maximum absolute atomic E-state index is 5.26. The van der Waals surface area contributed by atoms with Crippen LogP contribution in [0.4, 0.5) is 0 Å². The number of aryl methyl sites for hydroxylation is 1. The van der Waals surface area contributed by atoms with Gasteiger partial charge in [-0.3, -0.25) is 0 Å². The van der Waals surface area contributed by atoms with Crippen LogP contribution in [0.25, 0.3) is 11.3 Å². The lowest BCUT2D eigenvalue weighted by Crippen LogP contribution is -1.81. The Balaban J connectivity index is 2.33. The average molecular weight is 187 g/mol. The lowest BCUT2D eigenvalue weighted by atomic mass is 10.1. The van der Waals surface area contributed by atoms with E-state index in [0.717, 1.165) is 22.6 Å². The van der Waals surface area contributed by atoms with Gasteiger partial charge in [-0.05, 0) is 42.8 Å². The zero-order chi connectivity index (χ0) is 9.97. The molecule has 2 aromatic rings. The number of methoxy groups -OCH3 is 1. The van der Waals surface area contributed by atoms with Crippen molar-refractivity contribution in [2.75, 3.05) is 7.11 Å². The molecule has 71 valence electrons. The predicted molar refractivity (Wildman–Crippen MR) is 54.3 cm³/mol. The van der Waals surface area contributed by atoms with Gasteiger partial charge in [0.2, 0.25) is 0 Å². The predicted octanol–water partition coefficient (Wildman–Crippen LogP) is 3.06. The molecule has 0 unspecified atom stereocenters. The van der Waals surface area contributed by atoms with Crippen LogP contribution >= 0.6 is 0 Å². The summed E-state index contributed by atoms with van der Waals surface area (Å²) in [7, 11) is 1.65. The van der Waals surface area contributed by atoms with E-state index in [1.807, 2.05) is 37.3 Å². The minimum absolute atomic E-state index is 0.838. The molecule has 0 N–H and O–H groups in total. The smallest absolute Gasteiger partial charge is 0.173 e. The van der Waals surface area contributed by atoms with Crippen LogP contribution in [0.3, 0.4) is 0 Å². The molecule has 0 atom stereocenters. The fourth-order valence-electron chi connectivity index (χ4n) is 1.29. The van der Waals surface area contributed by atoms with E-state index in [1.165, 1.54) is 0 Å². The van der Waals surface area contributed by atoms with Crippen LogP contribution in [0.15, 0.2) is 34.7 Å². The third kappa shape index (κ3) is 1.64. The monoisotopic (exact) mass is 187 g/mol. The van der Waals surface area contributed by atoms with Gasteiger partial charge in [0.05, 0.1) is 7.11 Å². The van der Waals surface area contributed by atoms with Gasteiger partial charge in [0.15, 0.2) is 6.26 Å². The molecule has 1 aromatic carbocycles. The van der Waals surface area contributed by atoms with E-state index < -0.39 is 0 Å². The second-order valence-corrected chi connectivity index (χ2v) is 3.12. The zero-order valence-corrected chi connectivity index (χ0v) is 8.20. The molecule has 2 nitrogen and oxygen atoms in total. The standard InChI is InChI=1S/C12H11O2/c1-9-7-12(14-8-9)10-3-5-11(13-2)6-4-10/h3-7H,1-2H3. The summed E-state index contributed by atoms with van der Waals surface area (Å²) in [4.78, 5) is 0. The van der Waals surface area contributed by atoms with Crippen LogP contribution in [-0.2, 0) is 0 Å². The van der Waals surface area contributed by atoms with Crippen molar-refractivity contribution >= 4 is 0 Å². The lowest BCUT2D eigenvalue weighted by molar-refractivity contribution is 0.415. The number of hydrogen-bond acceptors (Lipinski definition) is 2. The molecule has 0 fully saturated rings. The van der Waals surface area contributed by atoms with Gasteiger partial charge < -0.3 is 9.15 Å². The quantitative estimate of drug-likeness (QED) is 0.720. The van der Waals surface area contributed by atoms with E-state index in [2.05, 4.69) is 6.26 Å². The third-order valence-electron chi connectivity index (χ3n) is 2.04. The van der Waals surface area contributed by atoms with E-state index in [9.17, 15) is 0 Å². The van der Waals surface area contributed by atoms with Crippen molar-refractivity contribution < 1.29 is 9.15 Å². The third-order valence-corrected chi connectivity index (χ3v) is 2.04. The molecule has 0 saturated heterocycles. The van der Waals surface area contributed by atoms with Crippen LogP contribution in [0.5, 0.6) is 5.75 Å². The van der Waals surface area contributed by atoms with Crippen molar-refractivity contribution in [3.8, 4) is 17.1 Å². The van der Waals surface area contributed by atoms with Crippen molar-refractivity contribution in [3.05, 3.63) is 42.2 Å². The maximum atomic E-state index is 5.26. The topological polar surface area (TPSA) is 22.4 Å². The highest BCUT2D eigenvalue weighted by Gasteiger charge is 2.02. The molecule has 0 spiro atoms. The zero-order valence-electron chi connectivity index (χ0n) is 8.20. The number of benzene rings is 1. The van der Waals surface area contributed by atoms with Crippen LogP contribution < -0.4 is 4.74 Å². The molecule has 0 aliphatic rings. The summed E-state index contributed by atoms with van der Waals surface area (Å²) in [5.41, 5.74) is 2.05. The second-order valence-electron chi connectivity index (χ2n) is 3.12. The minimum atomic E-state index is 0.838. The molecular formula is C12H11O2. The highest BCUT2D eigenvalue weighted by atomic mass is 16.5. The van der Waals surface area contributed by atoms with Crippen LogP contribution in [0, 0.1) is 13.2 Å². The molecule has 1 radical (unpaired) electrons. The van der Waals surface area contributed by atoms with Gasteiger partial charge in [-0.2, -0.15) is 0 Å². The lowest BCUT2D eigenvalue weighted by Gasteiger charge is -1.99. The molecule has 1 heterocycles. The first-order valence-corrected chi connectivity index (χ1v) is 4.42. The number of rotatable bonds is 2. The molecule has 2 rings (SSSR count). The first-order valence-electron chi connectivity index (χ1n) is 4.42. The van der Waals surface area contributed by atoms with Gasteiger partial charge in [-0.25, -0.2) is 0 Å². The summed E-state index contributed by atoms with van der Waals surface area (Å²) in [6.07, 6.45) is 2.79. The fourth-order valence-corrected chi connectivity index (χ4v) is 1.29. The molecule has 14 heavy (non-hydrogen) atoms. The van der Waals surface area contributed by atoms with Gasteiger partial charge >= 0.3 is 0 Å². The molecule has 0 aliphatic heterocycles. The summed E-state index contributed by atoms with van der Waals surface area (Å²) in [6.45, 7) is 1.95. The highest BCUT2D eigenvalue weighted by molar-refractivity contribution is 5.58. The van der Waals surface area contributed by atoms with Crippen LogP contribution in [-0.4, -0.2) is 7.11 Å². The average Bonchev–Trinajstić information content (AvgIpc) is 2.65. The Morgan fingerprint density at radius 3 is 2.43 bits per heavy atom. The Kier molecular flexibility index (Phi) is 2.27. The van der Waals surface area contributed by atoms with Crippen molar-refractivity contribution in [1.29, 1.82) is 0 Å². The van der Waals surface area contributed by atoms with Gasteiger partial charge in [0.1, 0.15) is 11.5 Å². The van der Waals surface area contributed by atoms with Crippen molar-refractivity contribution in [3.63, 3.8) is 0 Å².